The van der Waals surface area contributed by atoms with Crippen molar-refractivity contribution >= 4 is 23.6 Å². The van der Waals surface area contributed by atoms with Gasteiger partial charge in [-0.3, -0.25) is 4.79 Å². The van der Waals surface area contributed by atoms with Crippen LogP contribution in [-0.2, 0) is 11.2 Å². The van der Waals surface area contributed by atoms with Gasteiger partial charge >= 0.3 is 0 Å². The zero-order valence-electron chi connectivity index (χ0n) is 11.1. The van der Waals surface area contributed by atoms with E-state index in [-0.39, 0.29) is 11.8 Å². The van der Waals surface area contributed by atoms with Gasteiger partial charge in [-0.2, -0.15) is 0 Å². The van der Waals surface area contributed by atoms with Crippen molar-refractivity contribution in [2.45, 2.75) is 44.4 Å². The third-order valence-electron chi connectivity index (χ3n) is 3.66. The number of carbonyl (C=O) groups is 1. The molecule has 1 aromatic heterocycles. The third-order valence-corrected chi connectivity index (χ3v) is 3.88. The van der Waals surface area contributed by atoms with Gasteiger partial charge in [0.2, 0.25) is 5.91 Å². The first-order valence-electron chi connectivity index (χ1n) is 6.96. The maximum Gasteiger partial charge on any atom is 0.226 e. The molecule has 0 aliphatic heterocycles. The van der Waals surface area contributed by atoms with Crippen molar-refractivity contribution < 1.29 is 4.79 Å². The molecule has 0 saturated heterocycles. The zero-order valence-corrected chi connectivity index (χ0v) is 11.9. The Balaban J connectivity index is 2.26. The van der Waals surface area contributed by atoms with Gasteiger partial charge in [-0.1, -0.05) is 18.9 Å². The highest BCUT2D eigenvalue weighted by Crippen LogP contribution is 2.30. The summed E-state index contributed by atoms with van der Waals surface area (Å²) in [5.74, 6) is 0.243. The first-order valence-corrected chi connectivity index (χ1v) is 7.49. The molecule has 0 bridgehead atoms. The van der Waals surface area contributed by atoms with Crippen molar-refractivity contribution in [2.24, 2.45) is 5.73 Å². The fourth-order valence-electron chi connectivity index (χ4n) is 2.69. The van der Waals surface area contributed by atoms with Gasteiger partial charge in [0.1, 0.15) is 0 Å². The molecule has 1 amide bonds. The van der Waals surface area contributed by atoms with E-state index in [9.17, 15) is 4.79 Å². The molecule has 1 unspecified atom stereocenters. The molecule has 0 saturated carbocycles. The Morgan fingerprint density at radius 1 is 1.47 bits per heavy atom. The maximum absolute atomic E-state index is 11.6. The second-order valence-corrected chi connectivity index (χ2v) is 5.48. The first-order chi connectivity index (χ1) is 9.22. The van der Waals surface area contributed by atoms with Gasteiger partial charge in [-0.05, 0) is 43.4 Å². The number of amides is 1. The van der Waals surface area contributed by atoms with Crippen LogP contribution in [0.4, 0.5) is 0 Å². The number of fused-ring (bicyclic) bond motifs is 1. The van der Waals surface area contributed by atoms with Crippen LogP contribution in [0, 0.1) is 0 Å². The van der Waals surface area contributed by atoms with Gasteiger partial charge in [-0.25, -0.2) is 0 Å². The van der Waals surface area contributed by atoms with Crippen LogP contribution in [0.2, 0.25) is 0 Å². The molecule has 104 valence electrons. The standard InChI is InChI=1S/C15H21ClN2O/c16-9-5-4-7-12-10-11-6-2-1-3-8-13(15(17)19)14(11)18-12/h4,7,10,13,18H,1-3,5-6,8-9H2,(H2,17,19)/b7-4-. The van der Waals surface area contributed by atoms with Gasteiger partial charge in [-0.15, -0.1) is 11.6 Å². The van der Waals surface area contributed by atoms with Crippen molar-refractivity contribution in [3.8, 4) is 0 Å². The second-order valence-electron chi connectivity index (χ2n) is 5.10. The van der Waals surface area contributed by atoms with Crippen LogP contribution < -0.4 is 5.73 Å². The van der Waals surface area contributed by atoms with E-state index in [1.807, 2.05) is 12.2 Å². The average molecular weight is 281 g/mol. The van der Waals surface area contributed by atoms with E-state index in [0.717, 1.165) is 37.1 Å². The minimum atomic E-state index is -0.221. The Morgan fingerprint density at radius 2 is 2.32 bits per heavy atom. The van der Waals surface area contributed by atoms with E-state index in [1.165, 1.54) is 18.4 Å². The Labute approximate surface area is 119 Å². The number of hydrogen-bond acceptors (Lipinski definition) is 1. The summed E-state index contributed by atoms with van der Waals surface area (Å²) in [4.78, 5) is 15.0. The number of allylic oxidation sites excluding steroid dienone is 1. The number of alkyl halides is 1. The summed E-state index contributed by atoms with van der Waals surface area (Å²) in [5.41, 5.74) is 8.85. The maximum atomic E-state index is 11.6. The highest BCUT2D eigenvalue weighted by atomic mass is 35.5. The fraction of sp³-hybridized carbons (Fsp3) is 0.533. The number of H-pyrrole nitrogens is 1. The first kappa shape index (κ1) is 14.2. The van der Waals surface area contributed by atoms with E-state index in [1.54, 1.807) is 0 Å². The number of nitrogens with one attached hydrogen (secondary N) is 1. The lowest BCUT2D eigenvalue weighted by atomic mass is 9.90. The van der Waals surface area contributed by atoms with E-state index in [4.69, 9.17) is 17.3 Å². The normalized spacial score (nSPS) is 19.9. The Bertz CT molecular complexity index is 465. The summed E-state index contributed by atoms with van der Waals surface area (Å²) in [6, 6.07) is 2.14. The molecule has 2 rings (SSSR count). The molecular weight excluding hydrogens is 260 g/mol. The average Bonchev–Trinajstić information content (AvgIpc) is 2.72. The molecule has 1 heterocycles. The Hall–Kier alpha value is -1.22. The lowest BCUT2D eigenvalue weighted by Crippen LogP contribution is -2.23. The lowest BCUT2D eigenvalue weighted by Gasteiger charge is -2.17. The molecule has 3 N–H and O–H groups in total. The highest BCUT2D eigenvalue weighted by molar-refractivity contribution is 6.17. The molecule has 1 atom stereocenters. The minimum absolute atomic E-state index is 0.162. The fourth-order valence-corrected chi connectivity index (χ4v) is 2.81. The van der Waals surface area contributed by atoms with Gasteiger partial charge in [0.25, 0.3) is 0 Å². The topological polar surface area (TPSA) is 58.9 Å². The SMILES string of the molecule is NC(=O)C1CCCCCc2cc(/C=C\CCCl)[nH]c21. The molecular formula is C15H21ClN2O. The van der Waals surface area contributed by atoms with Crippen LogP contribution in [0.1, 0.15) is 55.0 Å². The Kier molecular flexibility index (Phi) is 5.08. The summed E-state index contributed by atoms with van der Waals surface area (Å²) in [7, 11) is 0. The molecule has 0 aromatic carbocycles. The van der Waals surface area contributed by atoms with Crippen LogP contribution in [0.5, 0.6) is 0 Å². The van der Waals surface area contributed by atoms with E-state index in [0.29, 0.717) is 5.88 Å². The van der Waals surface area contributed by atoms with E-state index >= 15 is 0 Å². The number of halogens is 1. The predicted molar refractivity (Wildman–Crippen MR) is 79.3 cm³/mol. The molecule has 0 spiro atoms. The number of carbonyl (C=O) groups excluding carboxylic acids is 1. The number of rotatable bonds is 4. The number of aryl methyl sites for hydroxylation is 1. The molecule has 1 aromatic rings. The van der Waals surface area contributed by atoms with Crippen molar-refractivity contribution in [1.29, 1.82) is 0 Å². The summed E-state index contributed by atoms with van der Waals surface area (Å²) >= 11 is 5.65. The van der Waals surface area contributed by atoms with Crippen molar-refractivity contribution in [3.63, 3.8) is 0 Å². The molecule has 4 heteroatoms. The third kappa shape index (κ3) is 3.63. The van der Waals surface area contributed by atoms with Crippen LogP contribution >= 0.6 is 11.6 Å². The largest absolute Gasteiger partial charge is 0.369 e. The van der Waals surface area contributed by atoms with Gasteiger partial charge < -0.3 is 10.7 Å². The summed E-state index contributed by atoms with van der Waals surface area (Å²) in [6.07, 6.45) is 10.2. The van der Waals surface area contributed by atoms with Gasteiger partial charge in [0, 0.05) is 17.3 Å². The van der Waals surface area contributed by atoms with Crippen LogP contribution in [0.3, 0.4) is 0 Å². The Morgan fingerprint density at radius 3 is 3.05 bits per heavy atom. The van der Waals surface area contributed by atoms with Crippen LogP contribution in [0.25, 0.3) is 6.08 Å². The van der Waals surface area contributed by atoms with E-state index < -0.39 is 0 Å². The molecule has 3 nitrogen and oxygen atoms in total. The number of hydrogen-bond donors (Lipinski definition) is 2. The summed E-state index contributed by atoms with van der Waals surface area (Å²) in [6.45, 7) is 0. The quantitative estimate of drug-likeness (QED) is 0.817. The van der Waals surface area contributed by atoms with Crippen LogP contribution in [-0.4, -0.2) is 16.8 Å². The number of primary amides is 1. The van der Waals surface area contributed by atoms with Crippen molar-refractivity contribution in [3.05, 3.63) is 29.1 Å². The summed E-state index contributed by atoms with van der Waals surface area (Å²) in [5, 5.41) is 0. The molecule has 0 radical (unpaired) electrons. The highest BCUT2D eigenvalue weighted by Gasteiger charge is 2.24. The van der Waals surface area contributed by atoms with Gasteiger partial charge in [0.05, 0.1) is 5.92 Å². The number of aromatic nitrogens is 1. The molecule has 1 aliphatic carbocycles. The minimum Gasteiger partial charge on any atom is -0.369 e. The van der Waals surface area contributed by atoms with Crippen molar-refractivity contribution in [2.75, 3.05) is 5.88 Å². The van der Waals surface area contributed by atoms with E-state index in [2.05, 4.69) is 11.1 Å². The smallest absolute Gasteiger partial charge is 0.226 e. The second kappa shape index (κ2) is 6.80. The number of aromatic amines is 1. The summed E-state index contributed by atoms with van der Waals surface area (Å²) < 4.78 is 0. The monoisotopic (exact) mass is 280 g/mol. The van der Waals surface area contributed by atoms with Crippen molar-refractivity contribution in [1.82, 2.24) is 4.98 Å². The molecule has 0 fully saturated rings. The van der Waals surface area contributed by atoms with Gasteiger partial charge in [0.15, 0.2) is 0 Å². The van der Waals surface area contributed by atoms with Crippen LogP contribution in [0.15, 0.2) is 12.1 Å². The zero-order chi connectivity index (χ0) is 13.7. The lowest BCUT2D eigenvalue weighted by molar-refractivity contribution is -0.119. The molecule has 19 heavy (non-hydrogen) atoms. The molecule has 1 aliphatic rings. The predicted octanol–water partition coefficient (Wildman–Crippen LogP) is 3.34. The number of nitrogens with two attached hydrogens (primary N) is 1.